The summed E-state index contributed by atoms with van der Waals surface area (Å²) in [5.74, 6) is 0.584. The van der Waals surface area contributed by atoms with E-state index in [1.807, 2.05) is 18.2 Å². The number of hydrogen-bond donors (Lipinski definition) is 1. The zero-order valence-electron chi connectivity index (χ0n) is 11.7. The standard InChI is InChI=1S/C15H18N4O.HI/c16-15(19-7-9-20-10-8-19)18-11-13-4-1-3-12-5-2-6-17-14(12)13;/h1-6H,7-11H2,(H2,16,18);1H. The van der Waals surface area contributed by atoms with Crippen LogP contribution in [-0.4, -0.2) is 42.1 Å². The number of morpholine rings is 1. The number of para-hydroxylation sites is 1. The van der Waals surface area contributed by atoms with Gasteiger partial charge in [0.25, 0.3) is 0 Å². The zero-order valence-corrected chi connectivity index (χ0v) is 14.1. The molecular formula is C15H19IN4O. The number of rotatable bonds is 2. The van der Waals surface area contributed by atoms with Gasteiger partial charge in [0, 0.05) is 24.7 Å². The number of ether oxygens (including phenoxy) is 1. The van der Waals surface area contributed by atoms with Crippen molar-refractivity contribution in [2.24, 2.45) is 10.7 Å². The quantitative estimate of drug-likeness (QED) is 0.478. The Hall–Kier alpha value is -1.41. The first-order valence-corrected chi connectivity index (χ1v) is 6.80. The highest BCUT2D eigenvalue weighted by atomic mass is 127. The SMILES string of the molecule is I.NC(=NCc1cccc2cccnc12)N1CCOCC1. The van der Waals surface area contributed by atoms with Crippen molar-refractivity contribution in [1.82, 2.24) is 9.88 Å². The summed E-state index contributed by atoms with van der Waals surface area (Å²) >= 11 is 0. The van der Waals surface area contributed by atoms with Crippen molar-refractivity contribution in [2.75, 3.05) is 26.3 Å². The van der Waals surface area contributed by atoms with Gasteiger partial charge in [-0.3, -0.25) is 4.98 Å². The van der Waals surface area contributed by atoms with E-state index in [0.29, 0.717) is 25.7 Å². The van der Waals surface area contributed by atoms with Crippen LogP contribution >= 0.6 is 24.0 Å². The van der Waals surface area contributed by atoms with Crippen molar-refractivity contribution in [1.29, 1.82) is 0 Å². The number of nitrogens with zero attached hydrogens (tertiary/aromatic N) is 3. The Morgan fingerprint density at radius 3 is 2.81 bits per heavy atom. The molecule has 1 saturated heterocycles. The Kier molecular flexibility index (Phi) is 5.75. The first kappa shape index (κ1) is 16.0. The normalized spacial score (nSPS) is 15.8. The summed E-state index contributed by atoms with van der Waals surface area (Å²) in [5, 5.41) is 1.13. The second-order valence-corrected chi connectivity index (χ2v) is 4.77. The maximum atomic E-state index is 6.04. The lowest BCUT2D eigenvalue weighted by atomic mass is 10.1. The maximum absolute atomic E-state index is 6.04. The Morgan fingerprint density at radius 1 is 1.24 bits per heavy atom. The van der Waals surface area contributed by atoms with E-state index in [1.165, 1.54) is 0 Å². The first-order valence-electron chi connectivity index (χ1n) is 6.80. The van der Waals surface area contributed by atoms with E-state index in [4.69, 9.17) is 10.5 Å². The third-order valence-electron chi connectivity index (χ3n) is 3.46. The molecule has 2 N–H and O–H groups in total. The summed E-state index contributed by atoms with van der Waals surface area (Å²) in [6.45, 7) is 3.60. The monoisotopic (exact) mass is 398 g/mol. The average molecular weight is 398 g/mol. The summed E-state index contributed by atoms with van der Waals surface area (Å²) in [4.78, 5) is 11.0. The minimum atomic E-state index is 0. The minimum absolute atomic E-state index is 0. The smallest absolute Gasteiger partial charge is 0.191 e. The van der Waals surface area contributed by atoms with E-state index in [1.54, 1.807) is 6.20 Å². The van der Waals surface area contributed by atoms with Gasteiger partial charge in [-0.25, -0.2) is 4.99 Å². The van der Waals surface area contributed by atoms with E-state index >= 15 is 0 Å². The van der Waals surface area contributed by atoms with Crippen LogP contribution in [0.5, 0.6) is 0 Å². The van der Waals surface area contributed by atoms with Gasteiger partial charge in [-0.1, -0.05) is 24.3 Å². The van der Waals surface area contributed by atoms with E-state index < -0.39 is 0 Å². The van der Waals surface area contributed by atoms with E-state index in [2.05, 4.69) is 27.0 Å². The number of halogens is 1. The zero-order chi connectivity index (χ0) is 13.8. The maximum Gasteiger partial charge on any atom is 0.191 e. The fourth-order valence-electron chi connectivity index (χ4n) is 2.35. The highest BCUT2D eigenvalue weighted by Gasteiger charge is 2.12. The first-order chi connectivity index (χ1) is 9.84. The number of benzene rings is 1. The number of pyridine rings is 1. The molecule has 0 spiro atoms. The molecule has 21 heavy (non-hydrogen) atoms. The molecule has 0 saturated carbocycles. The molecule has 112 valence electrons. The van der Waals surface area contributed by atoms with Gasteiger partial charge in [0.15, 0.2) is 5.96 Å². The molecule has 3 rings (SSSR count). The van der Waals surface area contributed by atoms with E-state index in [-0.39, 0.29) is 24.0 Å². The summed E-state index contributed by atoms with van der Waals surface area (Å²) in [6, 6.07) is 10.1. The predicted octanol–water partition coefficient (Wildman–Crippen LogP) is 2.00. The molecular weight excluding hydrogens is 379 g/mol. The fourth-order valence-corrected chi connectivity index (χ4v) is 2.35. The molecule has 0 atom stereocenters. The van der Waals surface area contributed by atoms with E-state index in [0.717, 1.165) is 29.6 Å². The van der Waals surface area contributed by atoms with Crippen LogP contribution in [0.4, 0.5) is 0 Å². The number of hydrogen-bond acceptors (Lipinski definition) is 3. The molecule has 2 aromatic rings. The molecule has 1 aliphatic rings. The molecule has 1 fully saturated rings. The van der Waals surface area contributed by atoms with Crippen LogP contribution in [-0.2, 0) is 11.3 Å². The molecule has 0 unspecified atom stereocenters. The highest BCUT2D eigenvalue weighted by molar-refractivity contribution is 14.0. The van der Waals surface area contributed by atoms with E-state index in [9.17, 15) is 0 Å². The molecule has 1 aromatic carbocycles. The lowest BCUT2D eigenvalue weighted by Gasteiger charge is -2.27. The molecule has 0 bridgehead atoms. The lowest BCUT2D eigenvalue weighted by molar-refractivity contribution is 0.0674. The van der Waals surface area contributed by atoms with Gasteiger partial charge >= 0.3 is 0 Å². The van der Waals surface area contributed by atoms with Crippen molar-refractivity contribution in [3.63, 3.8) is 0 Å². The number of aliphatic imine (C=N–C) groups is 1. The third-order valence-corrected chi connectivity index (χ3v) is 3.46. The minimum Gasteiger partial charge on any atom is -0.378 e. The largest absolute Gasteiger partial charge is 0.378 e. The van der Waals surface area contributed by atoms with Crippen molar-refractivity contribution < 1.29 is 4.74 Å². The van der Waals surface area contributed by atoms with Crippen LogP contribution in [0, 0.1) is 0 Å². The highest BCUT2D eigenvalue weighted by Crippen LogP contribution is 2.16. The Labute approximate surface area is 141 Å². The van der Waals surface area contributed by atoms with Crippen molar-refractivity contribution >= 4 is 40.8 Å². The van der Waals surface area contributed by atoms with Crippen LogP contribution < -0.4 is 5.73 Å². The summed E-state index contributed by atoms with van der Waals surface area (Å²) in [6.07, 6.45) is 1.81. The van der Waals surface area contributed by atoms with Crippen molar-refractivity contribution in [3.8, 4) is 0 Å². The molecule has 6 heteroatoms. The van der Waals surface area contributed by atoms with Crippen LogP contribution in [0.3, 0.4) is 0 Å². The molecule has 0 radical (unpaired) electrons. The van der Waals surface area contributed by atoms with Gasteiger partial charge in [0.05, 0.1) is 25.3 Å². The number of nitrogens with two attached hydrogens (primary N) is 1. The molecule has 1 aliphatic heterocycles. The summed E-state index contributed by atoms with van der Waals surface area (Å²) in [5.41, 5.74) is 8.13. The van der Waals surface area contributed by atoms with Gasteiger partial charge in [-0.2, -0.15) is 0 Å². The molecule has 0 aliphatic carbocycles. The number of guanidine groups is 1. The van der Waals surface area contributed by atoms with Gasteiger partial charge in [-0.05, 0) is 11.6 Å². The van der Waals surface area contributed by atoms with Crippen molar-refractivity contribution in [3.05, 3.63) is 42.1 Å². The average Bonchev–Trinajstić information content (AvgIpc) is 2.53. The number of fused-ring (bicyclic) bond motifs is 1. The molecule has 0 amide bonds. The van der Waals surface area contributed by atoms with Gasteiger partial charge in [0.2, 0.25) is 0 Å². The lowest BCUT2D eigenvalue weighted by Crippen LogP contribution is -2.44. The summed E-state index contributed by atoms with van der Waals surface area (Å²) < 4.78 is 5.31. The fraction of sp³-hybridized carbons (Fsp3) is 0.333. The van der Waals surface area contributed by atoms with Gasteiger partial charge < -0.3 is 15.4 Å². The Morgan fingerprint density at radius 2 is 2.00 bits per heavy atom. The van der Waals surface area contributed by atoms with Crippen LogP contribution in [0.2, 0.25) is 0 Å². The van der Waals surface area contributed by atoms with Gasteiger partial charge in [-0.15, -0.1) is 24.0 Å². The number of aromatic nitrogens is 1. The summed E-state index contributed by atoms with van der Waals surface area (Å²) in [7, 11) is 0. The molecule has 5 nitrogen and oxygen atoms in total. The second-order valence-electron chi connectivity index (χ2n) is 4.77. The Bertz CT molecular complexity index is 621. The van der Waals surface area contributed by atoms with Crippen LogP contribution in [0.1, 0.15) is 5.56 Å². The van der Waals surface area contributed by atoms with Crippen molar-refractivity contribution in [2.45, 2.75) is 6.54 Å². The third kappa shape index (κ3) is 3.82. The van der Waals surface area contributed by atoms with Crippen LogP contribution in [0.15, 0.2) is 41.5 Å². The Balaban J connectivity index is 0.00000161. The van der Waals surface area contributed by atoms with Gasteiger partial charge in [0.1, 0.15) is 0 Å². The second kappa shape index (κ2) is 7.56. The topological polar surface area (TPSA) is 63.7 Å². The van der Waals surface area contributed by atoms with Crippen LogP contribution in [0.25, 0.3) is 10.9 Å². The predicted molar refractivity (Wildman–Crippen MR) is 94.9 cm³/mol. The molecule has 2 heterocycles. The molecule has 1 aromatic heterocycles.